The van der Waals surface area contributed by atoms with Crippen molar-refractivity contribution in [3.63, 3.8) is 0 Å². The highest BCUT2D eigenvalue weighted by Crippen LogP contribution is 2.36. The van der Waals surface area contributed by atoms with Crippen molar-refractivity contribution in [3.8, 4) is 33.8 Å². The minimum absolute atomic E-state index is 0.0234. The zero-order chi connectivity index (χ0) is 35.0. The number of amides is 2. The molecule has 1 saturated carbocycles. The molecule has 1 fully saturated rings. The second-order valence-corrected chi connectivity index (χ2v) is 12.9. The Kier molecular flexibility index (Phi) is 10.1. The third-order valence-electron chi connectivity index (χ3n) is 9.42. The molecule has 2 N–H and O–H groups in total. The van der Waals surface area contributed by atoms with Crippen LogP contribution in [0.1, 0.15) is 24.8 Å². The third kappa shape index (κ3) is 8.31. The van der Waals surface area contributed by atoms with Crippen LogP contribution in [0.2, 0.25) is 0 Å². The maximum atomic E-state index is 13.8. The van der Waals surface area contributed by atoms with Gasteiger partial charge in [-0.25, -0.2) is 0 Å². The summed E-state index contributed by atoms with van der Waals surface area (Å²) in [5.74, 6) is -1.85. The van der Waals surface area contributed by atoms with Gasteiger partial charge in [0, 0.05) is 70.8 Å². The van der Waals surface area contributed by atoms with Crippen molar-refractivity contribution in [2.45, 2.75) is 25.7 Å². The van der Waals surface area contributed by atoms with E-state index in [1.54, 1.807) is 18.6 Å². The van der Waals surface area contributed by atoms with Crippen LogP contribution in [0, 0.1) is 17.8 Å². The van der Waals surface area contributed by atoms with Gasteiger partial charge in [0.25, 0.3) is 0 Å². The van der Waals surface area contributed by atoms with Crippen LogP contribution in [0.5, 0.6) is 0 Å². The van der Waals surface area contributed by atoms with Crippen molar-refractivity contribution in [3.05, 3.63) is 152 Å². The summed E-state index contributed by atoms with van der Waals surface area (Å²) < 4.78 is 0. The van der Waals surface area contributed by atoms with Crippen LogP contribution < -0.4 is 10.6 Å². The summed E-state index contributed by atoms with van der Waals surface area (Å²) in [6.07, 6.45) is 6.57. The van der Waals surface area contributed by atoms with Gasteiger partial charge in [0.05, 0.1) is 17.1 Å². The van der Waals surface area contributed by atoms with E-state index in [0.717, 1.165) is 39.3 Å². The van der Waals surface area contributed by atoms with Crippen molar-refractivity contribution in [1.29, 1.82) is 0 Å². The van der Waals surface area contributed by atoms with Crippen LogP contribution in [-0.2, 0) is 20.8 Å². The molecule has 0 aliphatic heterocycles. The van der Waals surface area contributed by atoms with Crippen LogP contribution in [-0.4, -0.2) is 32.5 Å². The molecule has 0 radical (unpaired) electrons. The van der Waals surface area contributed by atoms with Gasteiger partial charge in [-0.3, -0.25) is 29.3 Å². The summed E-state index contributed by atoms with van der Waals surface area (Å²) in [6, 6.07) is 40.1. The molecule has 51 heavy (non-hydrogen) atoms. The molecule has 2 unspecified atom stereocenters. The fourth-order valence-corrected chi connectivity index (χ4v) is 6.69. The van der Waals surface area contributed by atoms with Gasteiger partial charge >= 0.3 is 0 Å². The standard InChI is InChI=1S/C43H37N5O3/c49-41(25-29-10-12-30(13-11-29)38-7-1-4-22-44-38)33-26-34(42(50)47-36-18-14-31(15-19-36)39-8-2-5-23-45-39)28-35(27-33)43(51)48-37-20-16-32(17-21-37)40-9-3-6-24-46-40/h1-24,33-35H,25-28H2,(H,47,50)(H,48,51). The minimum Gasteiger partial charge on any atom is -0.326 e. The van der Waals surface area contributed by atoms with E-state index in [4.69, 9.17) is 0 Å². The van der Waals surface area contributed by atoms with E-state index in [2.05, 4.69) is 25.6 Å². The Balaban J connectivity index is 1.06. The summed E-state index contributed by atoms with van der Waals surface area (Å²) in [7, 11) is 0. The zero-order valence-electron chi connectivity index (χ0n) is 28.0. The van der Waals surface area contributed by atoms with Crippen LogP contribution >= 0.6 is 0 Å². The lowest BCUT2D eigenvalue weighted by Gasteiger charge is -2.33. The molecule has 1 aliphatic carbocycles. The first-order valence-corrected chi connectivity index (χ1v) is 17.2. The number of ketones is 1. The number of Topliss-reactive ketones (excluding diaryl/α,β-unsaturated/α-hetero) is 1. The van der Waals surface area contributed by atoms with E-state index in [9.17, 15) is 14.4 Å². The Morgan fingerprint density at radius 2 is 0.843 bits per heavy atom. The molecule has 2 amide bonds. The smallest absolute Gasteiger partial charge is 0.227 e. The normalized spacial score (nSPS) is 16.9. The van der Waals surface area contributed by atoms with E-state index in [-0.39, 0.29) is 24.0 Å². The average Bonchev–Trinajstić information content (AvgIpc) is 3.19. The number of hydrogen-bond donors (Lipinski definition) is 2. The van der Waals surface area contributed by atoms with Crippen molar-refractivity contribution >= 4 is 29.0 Å². The molecule has 3 heterocycles. The SMILES string of the molecule is O=C(Cc1ccc(-c2ccccn2)cc1)C1CC(C(=O)Nc2ccc(-c3ccccn3)cc2)CC(C(=O)Nc2ccc(-c3ccccn3)cc2)C1. The summed E-state index contributed by atoms with van der Waals surface area (Å²) in [5.41, 5.74) is 7.58. The first-order valence-electron chi connectivity index (χ1n) is 17.2. The predicted octanol–water partition coefficient (Wildman–Crippen LogP) is 8.29. The highest BCUT2D eigenvalue weighted by Gasteiger charge is 2.39. The maximum absolute atomic E-state index is 13.8. The van der Waals surface area contributed by atoms with Crippen molar-refractivity contribution in [2.24, 2.45) is 17.8 Å². The lowest BCUT2D eigenvalue weighted by atomic mass is 9.72. The van der Waals surface area contributed by atoms with Gasteiger partial charge in [-0.2, -0.15) is 0 Å². The average molecular weight is 672 g/mol. The number of benzene rings is 3. The number of rotatable bonds is 10. The second-order valence-electron chi connectivity index (χ2n) is 12.9. The maximum Gasteiger partial charge on any atom is 0.227 e. The summed E-state index contributed by atoms with van der Waals surface area (Å²) >= 11 is 0. The molecule has 0 spiro atoms. The Labute approximate surface area is 297 Å². The number of hydrogen-bond acceptors (Lipinski definition) is 6. The lowest BCUT2D eigenvalue weighted by molar-refractivity contribution is -0.130. The van der Waals surface area contributed by atoms with Crippen LogP contribution in [0.3, 0.4) is 0 Å². The Hall–Kier alpha value is -6.28. The van der Waals surface area contributed by atoms with Crippen molar-refractivity contribution in [2.75, 3.05) is 10.6 Å². The van der Waals surface area contributed by atoms with E-state index in [1.165, 1.54) is 0 Å². The Morgan fingerprint density at radius 1 is 0.471 bits per heavy atom. The summed E-state index contributed by atoms with van der Waals surface area (Å²) in [4.78, 5) is 54.5. The molecule has 3 aromatic heterocycles. The third-order valence-corrected chi connectivity index (χ3v) is 9.42. The topological polar surface area (TPSA) is 114 Å². The van der Waals surface area contributed by atoms with Gasteiger partial charge in [0.2, 0.25) is 11.8 Å². The molecule has 2 atom stereocenters. The van der Waals surface area contributed by atoms with Gasteiger partial charge in [-0.15, -0.1) is 0 Å². The van der Waals surface area contributed by atoms with Gasteiger partial charge in [0.1, 0.15) is 5.78 Å². The monoisotopic (exact) mass is 671 g/mol. The van der Waals surface area contributed by atoms with E-state index < -0.39 is 17.8 Å². The number of carbonyl (C=O) groups is 3. The zero-order valence-corrected chi connectivity index (χ0v) is 28.0. The molecule has 7 rings (SSSR count). The number of anilines is 2. The molecule has 3 aromatic carbocycles. The molecule has 252 valence electrons. The Bertz CT molecular complexity index is 1840. The van der Waals surface area contributed by atoms with Gasteiger partial charge < -0.3 is 10.6 Å². The van der Waals surface area contributed by atoms with Gasteiger partial charge in [-0.1, -0.05) is 66.7 Å². The molecular weight excluding hydrogens is 635 g/mol. The summed E-state index contributed by atoms with van der Waals surface area (Å²) in [6.45, 7) is 0. The fourth-order valence-electron chi connectivity index (χ4n) is 6.69. The number of pyridine rings is 3. The Morgan fingerprint density at radius 3 is 1.22 bits per heavy atom. The van der Waals surface area contributed by atoms with Gasteiger partial charge in [-0.05, 0) is 85.5 Å². The highest BCUT2D eigenvalue weighted by molar-refractivity contribution is 5.97. The van der Waals surface area contributed by atoms with E-state index in [0.29, 0.717) is 30.6 Å². The van der Waals surface area contributed by atoms with E-state index in [1.807, 2.05) is 127 Å². The molecular formula is C43H37N5O3. The van der Waals surface area contributed by atoms with Crippen LogP contribution in [0.25, 0.3) is 33.8 Å². The lowest BCUT2D eigenvalue weighted by Crippen LogP contribution is -2.39. The molecule has 0 bridgehead atoms. The predicted molar refractivity (Wildman–Crippen MR) is 199 cm³/mol. The molecule has 8 nitrogen and oxygen atoms in total. The molecule has 0 saturated heterocycles. The number of carbonyl (C=O) groups excluding carboxylic acids is 3. The minimum atomic E-state index is -0.517. The van der Waals surface area contributed by atoms with Crippen LogP contribution in [0.4, 0.5) is 11.4 Å². The quantitative estimate of drug-likeness (QED) is 0.152. The second kappa shape index (κ2) is 15.5. The number of aromatic nitrogens is 3. The summed E-state index contributed by atoms with van der Waals surface area (Å²) in [5, 5.41) is 6.08. The molecule has 6 aromatic rings. The highest BCUT2D eigenvalue weighted by atomic mass is 16.2. The van der Waals surface area contributed by atoms with Gasteiger partial charge in [0.15, 0.2) is 0 Å². The van der Waals surface area contributed by atoms with Crippen molar-refractivity contribution in [1.82, 2.24) is 15.0 Å². The van der Waals surface area contributed by atoms with E-state index >= 15 is 0 Å². The number of nitrogens with zero attached hydrogens (tertiary/aromatic N) is 3. The van der Waals surface area contributed by atoms with Crippen molar-refractivity contribution < 1.29 is 14.4 Å². The van der Waals surface area contributed by atoms with Crippen LogP contribution in [0.15, 0.2) is 146 Å². The fraction of sp³-hybridized carbons (Fsp3) is 0.163. The number of nitrogens with one attached hydrogen (secondary N) is 2. The molecule has 1 aliphatic rings. The first-order chi connectivity index (χ1) is 25.0. The largest absolute Gasteiger partial charge is 0.326 e. The first kappa shape index (κ1) is 33.2. The molecule has 8 heteroatoms.